The molecule has 3 N–H and O–H groups in total. The highest BCUT2D eigenvalue weighted by atomic mass is 32.2. The van der Waals surface area contributed by atoms with Crippen molar-refractivity contribution >= 4 is 28.6 Å². The third-order valence-corrected chi connectivity index (χ3v) is 4.31. The average molecular weight is 352 g/mol. The van der Waals surface area contributed by atoms with Crippen LogP contribution in [-0.4, -0.2) is 42.5 Å². The van der Waals surface area contributed by atoms with Crippen molar-refractivity contribution in [2.45, 2.75) is 33.7 Å². The summed E-state index contributed by atoms with van der Waals surface area (Å²) in [6, 6.07) is 0.0756. The van der Waals surface area contributed by atoms with E-state index in [0.29, 0.717) is 18.8 Å². The Hall–Kier alpha value is -1.93. The van der Waals surface area contributed by atoms with Crippen LogP contribution >= 0.6 is 11.8 Å². The fourth-order valence-corrected chi connectivity index (χ4v) is 3.24. The third-order valence-electron chi connectivity index (χ3n) is 3.52. The van der Waals surface area contributed by atoms with Crippen LogP contribution in [0.3, 0.4) is 0 Å². The fraction of sp³-hybridized carbons (Fsp3) is 0.500. The molecule has 0 aliphatic carbocycles. The number of esters is 1. The number of aromatic amines is 1. The summed E-state index contributed by atoms with van der Waals surface area (Å²) >= 11 is 1.49. The average Bonchev–Trinajstić information content (AvgIpc) is 2.83. The minimum Gasteiger partial charge on any atom is -0.462 e. The lowest BCUT2D eigenvalue weighted by molar-refractivity contribution is 0.0525. The maximum absolute atomic E-state index is 12.1. The van der Waals surface area contributed by atoms with Crippen LogP contribution in [-0.2, 0) is 9.47 Å². The van der Waals surface area contributed by atoms with Gasteiger partial charge in [0.25, 0.3) is 0 Å². The molecule has 2 rings (SSSR count). The van der Waals surface area contributed by atoms with Crippen LogP contribution in [0.15, 0.2) is 10.4 Å². The number of aliphatic imine (C=N–C) groups is 1. The maximum atomic E-state index is 12.1. The van der Waals surface area contributed by atoms with Gasteiger partial charge in [-0.1, -0.05) is 11.8 Å². The molecule has 0 saturated carbocycles. The van der Waals surface area contributed by atoms with E-state index in [2.05, 4.69) is 20.8 Å². The van der Waals surface area contributed by atoms with Crippen molar-refractivity contribution in [2.75, 3.05) is 20.3 Å². The van der Waals surface area contributed by atoms with Crippen LogP contribution < -0.4 is 10.9 Å². The molecule has 1 aromatic rings. The summed E-state index contributed by atoms with van der Waals surface area (Å²) in [5.41, 5.74) is 10.2. The highest BCUT2D eigenvalue weighted by molar-refractivity contribution is 8.16. The predicted molar refractivity (Wildman–Crippen MR) is 96.8 cm³/mol. The number of amidine groups is 1. The van der Waals surface area contributed by atoms with Crippen LogP contribution in [0.25, 0.3) is 5.70 Å². The van der Waals surface area contributed by atoms with Crippen LogP contribution in [0.2, 0.25) is 0 Å². The Morgan fingerprint density at radius 1 is 1.38 bits per heavy atom. The Balaban J connectivity index is 2.18. The molecular weight excluding hydrogens is 328 g/mol. The van der Waals surface area contributed by atoms with Gasteiger partial charge in [-0.3, -0.25) is 15.8 Å². The van der Waals surface area contributed by atoms with E-state index in [1.54, 1.807) is 14.0 Å². The minimum absolute atomic E-state index is 0.0756. The topological polar surface area (TPSA) is 87.7 Å². The number of hydrogen-bond donors (Lipinski definition) is 3. The summed E-state index contributed by atoms with van der Waals surface area (Å²) in [6.45, 7) is 8.49. The van der Waals surface area contributed by atoms with Gasteiger partial charge in [-0.2, -0.15) is 0 Å². The smallest absolute Gasteiger partial charge is 0.340 e. The first-order valence-corrected chi connectivity index (χ1v) is 8.68. The number of hydrazine groups is 1. The summed E-state index contributed by atoms with van der Waals surface area (Å²) in [6.07, 6.45) is 0. The highest BCUT2D eigenvalue weighted by Crippen LogP contribution is 2.26. The van der Waals surface area contributed by atoms with Gasteiger partial charge in [0.05, 0.1) is 36.2 Å². The summed E-state index contributed by atoms with van der Waals surface area (Å²) in [5, 5.41) is 2.73. The standard InChI is InChI=1S/C16H24N4O3S/c1-6-23-15(21)13-10(3)14(18-11(13)4)12-8-24-16(20-19-12)17-9(2)7-22-5/h8-9,18-19H,6-7H2,1-5H3,(H,17,20)/t9-/m0/s1. The van der Waals surface area contributed by atoms with Crippen LogP contribution in [0.1, 0.15) is 41.2 Å². The van der Waals surface area contributed by atoms with Gasteiger partial charge in [0.1, 0.15) is 0 Å². The SMILES string of the molecule is CCOC(=O)c1c(C)[nH]c(C2=CSC(=N[C@@H](C)COC)NN2)c1C. The zero-order valence-electron chi connectivity index (χ0n) is 14.6. The second-order valence-electron chi connectivity index (χ2n) is 5.48. The maximum Gasteiger partial charge on any atom is 0.340 e. The lowest BCUT2D eigenvalue weighted by Crippen LogP contribution is -2.38. The molecule has 0 aromatic carbocycles. The van der Waals surface area contributed by atoms with Crippen molar-refractivity contribution in [1.29, 1.82) is 0 Å². The normalized spacial score (nSPS) is 17.0. The molecule has 0 bridgehead atoms. The Bertz CT molecular complexity index is 667. The van der Waals surface area contributed by atoms with Crippen LogP contribution in [0.4, 0.5) is 0 Å². The second-order valence-corrected chi connectivity index (χ2v) is 6.34. The molecule has 132 valence electrons. The van der Waals surface area contributed by atoms with Crippen molar-refractivity contribution in [3.8, 4) is 0 Å². The molecular formula is C16H24N4O3S. The zero-order chi connectivity index (χ0) is 17.7. The number of rotatable bonds is 6. The monoisotopic (exact) mass is 352 g/mol. The number of ether oxygens (including phenoxy) is 2. The van der Waals surface area contributed by atoms with Crippen molar-refractivity contribution in [2.24, 2.45) is 4.99 Å². The van der Waals surface area contributed by atoms with Gasteiger partial charge in [0, 0.05) is 18.2 Å². The Labute approximate surface area is 146 Å². The first kappa shape index (κ1) is 18.4. The van der Waals surface area contributed by atoms with Gasteiger partial charge in [-0.15, -0.1) is 0 Å². The lowest BCUT2D eigenvalue weighted by atomic mass is 10.1. The number of hydrogen-bond acceptors (Lipinski definition) is 6. The summed E-state index contributed by atoms with van der Waals surface area (Å²) in [4.78, 5) is 19.8. The van der Waals surface area contributed by atoms with E-state index >= 15 is 0 Å². The number of nitrogens with zero attached hydrogens (tertiary/aromatic N) is 1. The number of aromatic nitrogens is 1. The number of carbonyl (C=O) groups excluding carboxylic acids is 1. The molecule has 1 aliphatic rings. The molecule has 0 amide bonds. The highest BCUT2D eigenvalue weighted by Gasteiger charge is 2.22. The van der Waals surface area contributed by atoms with E-state index in [0.717, 1.165) is 27.8 Å². The number of thioether (sulfide) groups is 1. The molecule has 2 heterocycles. The van der Waals surface area contributed by atoms with Crippen molar-refractivity contribution in [3.05, 3.63) is 27.9 Å². The van der Waals surface area contributed by atoms with Gasteiger partial charge in [0.2, 0.25) is 0 Å². The zero-order valence-corrected chi connectivity index (χ0v) is 15.5. The van der Waals surface area contributed by atoms with E-state index in [1.165, 1.54) is 11.8 Å². The first-order chi connectivity index (χ1) is 11.5. The molecule has 0 fully saturated rings. The molecule has 0 radical (unpaired) electrons. The van der Waals surface area contributed by atoms with Crippen molar-refractivity contribution in [1.82, 2.24) is 15.8 Å². The fourth-order valence-electron chi connectivity index (χ4n) is 2.49. The van der Waals surface area contributed by atoms with Crippen molar-refractivity contribution < 1.29 is 14.3 Å². The lowest BCUT2D eigenvalue weighted by Gasteiger charge is -2.19. The molecule has 1 aliphatic heterocycles. The summed E-state index contributed by atoms with van der Waals surface area (Å²) in [7, 11) is 1.66. The van der Waals surface area contributed by atoms with Gasteiger partial charge in [-0.05, 0) is 33.3 Å². The van der Waals surface area contributed by atoms with Crippen molar-refractivity contribution in [3.63, 3.8) is 0 Å². The van der Waals surface area contributed by atoms with Gasteiger partial charge in [0.15, 0.2) is 5.17 Å². The summed E-state index contributed by atoms with van der Waals surface area (Å²) in [5.74, 6) is -0.303. The summed E-state index contributed by atoms with van der Waals surface area (Å²) < 4.78 is 10.2. The molecule has 1 aromatic heterocycles. The molecule has 0 saturated heterocycles. The number of methoxy groups -OCH3 is 1. The third kappa shape index (κ3) is 4.12. The predicted octanol–water partition coefficient (Wildman–Crippen LogP) is 2.34. The molecule has 0 spiro atoms. The van der Waals surface area contributed by atoms with Gasteiger partial charge in [-0.25, -0.2) is 4.79 Å². The molecule has 7 nitrogen and oxygen atoms in total. The number of nitrogens with one attached hydrogen (secondary N) is 3. The Kier molecular flexibility index (Phi) is 6.33. The Morgan fingerprint density at radius 2 is 2.12 bits per heavy atom. The molecule has 24 heavy (non-hydrogen) atoms. The van der Waals surface area contributed by atoms with Crippen LogP contribution in [0, 0.1) is 13.8 Å². The van der Waals surface area contributed by atoms with Gasteiger partial charge < -0.3 is 14.5 Å². The van der Waals surface area contributed by atoms with Gasteiger partial charge >= 0.3 is 5.97 Å². The number of H-pyrrole nitrogens is 1. The number of aryl methyl sites for hydroxylation is 1. The Morgan fingerprint density at radius 3 is 2.71 bits per heavy atom. The van der Waals surface area contributed by atoms with E-state index in [4.69, 9.17) is 9.47 Å². The quantitative estimate of drug-likeness (QED) is 0.681. The molecule has 0 unspecified atom stereocenters. The minimum atomic E-state index is -0.303. The van der Waals surface area contributed by atoms with E-state index < -0.39 is 0 Å². The second kappa shape index (κ2) is 8.25. The van der Waals surface area contributed by atoms with E-state index in [-0.39, 0.29) is 12.0 Å². The largest absolute Gasteiger partial charge is 0.462 e. The van der Waals surface area contributed by atoms with E-state index in [9.17, 15) is 4.79 Å². The number of carbonyl (C=O) groups is 1. The first-order valence-electron chi connectivity index (χ1n) is 7.80. The van der Waals surface area contributed by atoms with E-state index in [1.807, 2.05) is 26.2 Å². The molecule has 8 heteroatoms. The van der Waals surface area contributed by atoms with Crippen LogP contribution in [0.5, 0.6) is 0 Å². The molecule has 1 atom stereocenters.